The highest BCUT2D eigenvalue weighted by atomic mass is 35.5. The summed E-state index contributed by atoms with van der Waals surface area (Å²) in [5.74, 6) is -0.861. The topological polar surface area (TPSA) is 78.9 Å². The number of carboxylic acids is 1. The highest BCUT2D eigenvalue weighted by molar-refractivity contribution is 7.22. The second-order valence-electron chi connectivity index (χ2n) is 7.58. The molecule has 0 aliphatic carbocycles. The molecule has 0 unspecified atom stereocenters. The molecule has 0 aliphatic rings. The Morgan fingerprint density at radius 2 is 1.90 bits per heavy atom. The summed E-state index contributed by atoms with van der Waals surface area (Å²) in [6.07, 6.45) is 3.71. The zero-order chi connectivity index (χ0) is 21.7. The van der Waals surface area contributed by atoms with Crippen LogP contribution in [0.15, 0.2) is 48.8 Å². The molecule has 7 heteroatoms. The number of aryl methyl sites for hydroxylation is 2. The number of rotatable bonds is 4. The van der Waals surface area contributed by atoms with Crippen molar-refractivity contribution in [3.05, 3.63) is 70.5 Å². The molecule has 3 heterocycles. The summed E-state index contributed by atoms with van der Waals surface area (Å²) in [6, 6.07) is 11.6. The second kappa shape index (κ2) is 7.48. The molecule has 0 bridgehead atoms. The van der Waals surface area contributed by atoms with Crippen LogP contribution in [0.3, 0.4) is 0 Å². The molecule has 0 spiro atoms. The molecular weight excluding hydrogens is 430 g/mol. The van der Waals surface area contributed by atoms with Crippen molar-refractivity contribution in [1.29, 1.82) is 0 Å². The van der Waals surface area contributed by atoms with Gasteiger partial charge in [-0.15, -0.1) is 11.3 Å². The van der Waals surface area contributed by atoms with Gasteiger partial charge in [0.1, 0.15) is 10.7 Å². The van der Waals surface area contributed by atoms with Crippen LogP contribution in [0, 0.1) is 13.8 Å². The van der Waals surface area contributed by atoms with Crippen molar-refractivity contribution < 1.29 is 9.90 Å². The van der Waals surface area contributed by atoms with E-state index in [9.17, 15) is 9.90 Å². The Labute approximate surface area is 187 Å². The van der Waals surface area contributed by atoms with Crippen LogP contribution in [0.2, 0.25) is 5.02 Å². The van der Waals surface area contributed by atoms with Gasteiger partial charge in [-0.25, -0.2) is 9.97 Å². The zero-order valence-electron chi connectivity index (χ0n) is 16.9. The molecule has 0 radical (unpaired) electrons. The Kier molecular flexibility index (Phi) is 4.76. The summed E-state index contributed by atoms with van der Waals surface area (Å²) in [7, 11) is 0. The standard InChI is InChI=1S/C24H18ClN3O2S/c1-12-7-19-22(21(17(12)9-20(29)30)14-3-5-16(25)6-4-14)31-24(28-19)15-8-18-13(2)10-26-23(18)27-11-15/h3-8,10-11H,9H2,1-2H3,(H,26,27)(H,29,30). The Bertz CT molecular complexity index is 1470. The van der Waals surface area contributed by atoms with E-state index in [2.05, 4.69) is 16.0 Å². The predicted molar refractivity (Wildman–Crippen MR) is 126 cm³/mol. The van der Waals surface area contributed by atoms with E-state index in [1.807, 2.05) is 56.6 Å². The first kappa shape index (κ1) is 19.7. The lowest BCUT2D eigenvalue weighted by Gasteiger charge is -2.13. The number of thiazole rings is 1. The summed E-state index contributed by atoms with van der Waals surface area (Å²) in [4.78, 5) is 24.2. The number of fused-ring (bicyclic) bond motifs is 2. The average Bonchev–Trinajstić information content (AvgIpc) is 3.32. The number of aromatic nitrogens is 3. The quantitative estimate of drug-likeness (QED) is 0.334. The largest absolute Gasteiger partial charge is 0.481 e. The minimum atomic E-state index is -0.861. The molecule has 2 aromatic carbocycles. The number of hydrogen-bond donors (Lipinski definition) is 2. The first-order valence-electron chi connectivity index (χ1n) is 9.75. The summed E-state index contributed by atoms with van der Waals surface area (Å²) in [5.41, 5.74) is 7.32. The van der Waals surface area contributed by atoms with Gasteiger partial charge >= 0.3 is 5.97 Å². The van der Waals surface area contributed by atoms with E-state index in [1.54, 1.807) is 11.3 Å². The number of H-pyrrole nitrogens is 1. The predicted octanol–water partition coefficient (Wildman–Crippen LogP) is 6.40. The van der Waals surface area contributed by atoms with Crippen LogP contribution >= 0.6 is 22.9 Å². The van der Waals surface area contributed by atoms with Crippen molar-refractivity contribution in [1.82, 2.24) is 15.0 Å². The van der Waals surface area contributed by atoms with Crippen molar-refractivity contribution in [2.24, 2.45) is 0 Å². The van der Waals surface area contributed by atoms with Crippen molar-refractivity contribution in [2.45, 2.75) is 20.3 Å². The highest BCUT2D eigenvalue weighted by Crippen LogP contribution is 2.41. The van der Waals surface area contributed by atoms with E-state index >= 15 is 0 Å². The van der Waals surface area contributed by atoms with Gasteiger partial charge in [-0.2, -0.15) is 0 Å². The van der Waals surface area contributed by atoms with Gasteiger partial charge in [0.05, 0.1) is 16.6 Å². The Balaban J connectivity index is 1.76. The molecule has 0 amide bonds. The molecule has 0 atom stereocenters. The lowest BCUT2D eigenvalue weighted by molar-refractivity contribution is -0.136. The van der Waals surface area contributed by atoms with E-state index in [0.717, 1.165) is 59.6 Å². The van der Waals surface area contributed by atoms with Gasteiger partial charge in [-0.05, 0) is 60.4 Å². The summed E-state index contributed by atoms with van der Waals surface area (Å²) >= 11 is 7.65. The molecule has 2 N–H and O–H groups in total. The van der Waals surface area contributed by atoms with Crippen LogP contribution in [0.1, 0.15) is 16.7 Å². The molecule has 5 aromatic rings. The lowest BCUT2D eigenvalue weighted by atomic mass is 9.93. The smallest absolute Gasteiger partial charge is 0.307 e. The molecule has 0 saturated carbocycles. The average molecular weight is 448 g/mol. The number of halogens is 1. The molecule has 31 heavy (non-hydrogen) atoms. The molecule has 0 aliphatic heterocycles. The van der Waals surface area contributed by atoms with Crippen molar-refractivity contribution in [3.63, 3.8) is 0 Å². The van der Waals surface area contributed by atoms with Crippen LogP contribution < -0.4 is 0 Å². The van der Waals surface area contributed by atoms with E-state index < -0.39 is 5.97 Å². The van der Waals surface area contributed by atoms with Crippen LogP contribution in [-0.4, -0.2) is 26.0 Å². The van der Waals surface area contributed by atoms with E-state index in [1.165, 1.54) is 0 Å². The first-order valence-corrected chi connectivity index (χ1v) is 10.9. The number of carbonyl (C=O) groups is 1. The Hall–Kier alpha value is -3.22. The number of carboxylic acid groups (broad SMARTS) is 1. The van der Waals surface area contributed by atoms with Crippen molar-refractivity contribution in [2.75, 3.05) is 0 Å². The maximum Gasteiger partial charge on any atom is 0.307 e. The van der Waals surface area contributed by atoms with Crippen LogP contribution in [0.25, 0.3) is 42.9 Å². The van der Waals surface area contributed by atoms with Crippen LogP contribution in [0.5, 0.6) is 0 Å². The molecule has 5 nitrogen and oxygen atoms in total. The van der Waals surface area contributed by atoms with E-state index in [0.29, 0.717) is 5.02 Å². The third-order valence-corrected chi connectivity index (χ3v) is 6.85. The number of aromatic amines is 1. The van der Waals surface area contributed by atoms with Crippen molar-refractivity contribution >= 4 is 50.2 Å². The normalized spacial score (nSPS) is 11.5. The molecule has 0 fully saturated rings. The van der Waals surface area contributed by atoms with Gasteiger partial charge in [-0.3, -0.25) is 4.79 Å². The minimum Gasteiger partial charge on any atom is -0.481 e. The van der Waals surface area contributed by atoms with Gasteiger partial charge in [0.2, 0.25) is 0 Å². The van der Waals surface area contributed by atoms with Gasteiger partial charge in [0, 0.05) is 33.9 Å². The fourth-order valence-electron chi connectivity index (χ4n) is 3.91. The SMILES string of the molecule is Cc1cc2nc(-c3cnc4[nH]cc(C)c4c3)sc2c(-c2ccc(Cl)cc2)c1CC(=O)O. The maximum absolute atomic E-state index is 11.6. The van der Waals surface area contributed by atoms with Gasteiger partial charge < -0.3 is 10.1 Å². The van der Waals surface area contributed by atoms with Crippen LogP contribution in [0.4, 0.5) is 0 Å². The number of hydrogen-bond acceptors (Lipinski definition) is 4. The van der Waals surface area contributed by atoms with Gasteiger partial charge in [0.25, 0.3) is 0 Å². The van der Waals surface area contributed by atoms with Gasteiger partial charge in [0.15, 0.2) is 0 Å². The molecule has 3 aromatic heterocycles. The number of aliphatic carboxylic acids is 1. The summed E-state index contributed by atoms with van der Waals surface area (Å²) in [6.45, 7) is 3.98. The molecule has 0 saturated heterocycles. The third-order valence-electron chi connectivity index (χ3n) is 5.46. The summed E-state index contributed by atoms with van der Waals surface area (Å²) in [5, 5.41) is 12.1. The van der Waals surface area contributed by atoms with E-state index in [-0.39, 0.29) is 6.42 Å². The van der Waals surface area contributed by atoms with E-state index in [4.69, 9.17) is 16.6 Å². The molecule has 154 valence electrons. The molecular formula is C24H18ClN3O2S. The lowest BCUT2D eigenvalue weighted by Crippen LogP contribution is -2.04. The molecule has 5 rings (SSSR count). The Morgan fingerprint density at radius 1 is 1.13 bits per heavy atom. The maximum atomic E-state index is 11.6. The number of pyridine rings is 1. The number of nitrogens with zero attached hydrogens (tertiary/aromatic N) is 2. The fourth-order valence-corrected chi connectivity index (χ4v) is 5.16. The van der Waals surface area contributed by atoms with Gasteiger partial charge in [-0.1, -0.05) is 23.7 Å². The highest BCUT2D eigenvalue weighted by Gasteiger charge is 2.20. The zero-order valence-corrected chi connectivity index (χ0v) is 18.4. The van der Waals surface area contributed by atoms with Crippen molar-refractivity contribution in [3.8, 4) is 21.7 Å². The first-order chi connectivity index (χ1) is 14.9. The second-order valence-corrected chi connectivity index (χ2v) is 9.02. The number of nitrogens with one attached hydrogen (secondary N) is 1. The summed E-state index contributed by atoms with van der Waals surface area (Å²) < 4.78 is 0.963. The minimum absolute atomic E-state index is 0.0526. The Morgan fingerprint density at radius 3 is 2.65 bits per heavy atom. The number of benzene rings is 2. The van der Waals surface area contributed by atoms with Crippen LogP contribution in [-0.2, 0) is 11.2 Å². The monoisotopic (exact) mass is 447 g/mol. The fraction of sp³-hybridized carbons (Fsp3) is 0.125. The third kappa shape index (κ3) is 3.48.